The summed E-state index contributed by atoms with van der Waals surface area (Å²) in [5.41, 5.74) is 2.39. The monoisotopic (exact) mass is 466 g/mol. The highest BCUT2D eigenvalue weighted by Gasteiger charge is 2.33. The summed E-state index contributed by atoms with van der Waals surface area (Å²) >= 11 is 0. The highest BCUT2D eigenvalue weighted by atomic mass is 32.2. The largest absolute Gasteiger partial charge is 0.497 e. The number of aromatic nitrogens is 4. The van der Waals surface area contributed by atoms with Crippen LogP contribution >= 0.6 is 0 Å². The maximum atomic E-state index is 12.5. The summed E-state index contributed by atoms with van der Waals surface area (Å²) in [5.74, 6) is 2.19. The molecule has 10 heteroatoms. The van der Waals surface area contributed by atoms with Gasteiger partial charge in [-0.2, -0.15) is 4.31 Å². The minimum absolute atomic E-state index is 0.0985. The van der Waals surface area contributed by atoms with E-state index in [0.29, 0.717) is 37.1 Å². The third kappa shape index (κ3) is 3.68. The van der Waals surface area contributed by atoms with Gasteiger partial charge in [0.2, 0.25) is 16.0 Å². The number of sulfonamides is 1. The van der Waals surface area contributed by atoms with Gasteiger partial charge in [0.25, 0.3) is 0 Å². The Labute approximate surface area is 192 Å². The SMILES string of the molecule is CCS(=O)(=O)N1CCN(c2nc3ccccc3c3nnc(-c4cccc(OC)c4)n23)CC1C. The van der Waals surface area contributed by atoms with Crippen molar-refractivity contribution in [1.29, 1.82) is 0 Å². The Hall–Kier alpha value is -3.24. The van der Waals surface area contributed by atoms with Crippen molar-refractivity contribution in [2.24, 2.45) is 0 Å². The number of rotatable bonds is 5. The van der Waals surface area contributed by atoms with Crippen LogP contribution in [0.2, 0.25) is 0 Å². The lowest BCUT2D eigenvalue weighted by molar-refractivity contribution is 0.305. The van der Waals surface area contributed by atoms with Gasteiger partial charge in [-0.25, -0.2) is 17.8 Å². The molecule has 2 aromatic carbocycles. The lowest BCUT2D eigenvalue weighted by atomic mass is 10.2. The van der Waals surface area contributed by atoms with E-state index in [-0.39, 0.29) is 11.8 Å². The van der Waals surface area contributed by atoms with Gasteiger partial charge in [0, 0.05) is 36.6 Å². The van der Waals surface area contributed by atoms with Gasteiger partial charge >= 0.3 is 0 Å². The van der Waals surface area contributed by atoms with Crippen molar-refractivity contribution in [2.75, 3.05) is 37.4 Å². The first-order chi connectivity index (χ1) is 15.9. The quantitative estimate of drug-likeness (QED) is 0.446. The van der Waals surface area contributed by atoms with Crippen LogP contribution in [0.5, 0.6) is 5.75 Å². The highest BCUT2D eigenvalue weighted by Crippen LogP contribution is 2.31. The van der Waals surface area contributed by atoms with Crippen LogP contribution in [0, 0.1) is 0 Å². The van der Waals surface area contributed by atoms with Crippen molar-refractivity contribution in [3.8, 4) is 17.1 Å². The van der Waals surface area contributed by atoms with Gasteiger partial charge < -0.3 is 9.64 Å². The van der Waals surface area contributed by atoms with Gasteiger partial charge in [-0.1, -0.05) is 24.3 Å². The van der Waals surface area contributed by atoms with Crippen LogP contribution < -0.4 is 9.64 Å². The molecule has 1 fully saturated rings. The number of hydrogen-bond donors (Lipinski definition) is 0. The number of benzene rings is 2. The molecular formula is C23H26N6O3S. The molecule has 0 radical (unpaired) electrons. The zero-order valence-electron chi connectivity index (χ0n) is 18.8. The molecule has 0 saturated carbocycles. The molecule has 2 aromatic heterocycles. The number of hydrogen-bond acceptors (Lipinski definition) is 7. The number of ether oxygens (including phenoxy) is 1. The first-order valence-corrected chi connectivity index (χ1v) is 12.6. The Kier molecular flexibility index (Phi) is 5.41. The van der Waals surface area contributed by atoms with Crippen molar-refractivity contribution < 1.29 is 13.2 Å². The van der Waals surface area contributed by atoms with Crippen LogP contribution in [0.1, 0.15) is 13.8 Å². The zero-order valence-corrected chi connectivity index (χ0v) is 19.7. The van der Waals surface area contributed by atoms with Gasteiger partial charge in [-0.15, -0.1) is 10.2 Å². The maximum absolute atomic E-state index is 12.5. The summed E-state index contributed by atoms with van der Waals surface area (Å²) in [6.07, 6.45) is 0. The molecule has 0 aliphatic carbocycles. The van der Waals surface area contributed by atoms with Gasteiger partial charge in [0.1, 0.15) is 5.75 Å². The summed E-state index contributed by atoms with van der Waals surface area (Å²) in [4.78, 5) is 7.10. The van der Waals surface area contributed by atoms with Crippen molar-refractivity contribution in [1.82, 2.24) is 23.9 Å². The molecule has 0 bridgehead atoms. The van der Waals surface area contributed by atoms with E-state index >= 15 is 0 Å². The summed E-state index contributed by atoms with van der Waals surface area (Å²) in [7, 11) is -1.63. The summed E-state index contributed by atoms with van der Waals surface area (Å²) in [5, 5.41) is 9.94. The fourth-order valence-electron chi connectivity index (χ4n) is 4.43. The van der Waals surface area contributed by atoms with E-state index in [2.05, 4.69) is 15.1 Å². The van der Waals surface area contributed by atoms with Crippen LogP contribution in [0.25, 0.3) is 27.9 Å². The summed E-state index contributed by atoms with van der Waals surface area (Å²) in [6, 6.07) is 15.4. The van der Waals surface area contributed by atoms with E-state index in [1.54, 1.807) is 18.3 Å². The fraction of sp³-hybridized carbons (Fsp3) is 0.348. The molecule has 0 spiro atoms. The lowest BCUT2D eigenvalue weighted by Crippen LogP contribution is -2.54. The predicted octanol–water partition coefficient (Wildman–Crippen LogP) is 2.81. The Morgan fingerprint density at radius 2 is 1.91 bits per heavy atom. The van der Waals surface area contributed by atoms with Crippen LogP contribution in [-0.4, -0.2) is 70.8 Å². The fourth-order valence-corrected chi connectivity index (χ4v) is 5.74. The van der Waals surface area contributed by atoms with E-state index in [4.69, 9.17) is 9.72 Å². The number of anilines is 1. The molecule has 0 N–H and O–H groups in total. The molecule has 1 saturated heterocycles. The van der Waals surface area contributed by atoms with E-state index in [0.717, 1.165) is 22.2 Å². The first-order valence-electron chi connectivity index (χ1n) is 11.0. The normalized spacial score (nSPS) is 17.7. The molecule has 9 nitrogen and oxygen atoms in total. The van der Waals surface area contributed by atoms with E-state index in [9.17, 15) is 8.42 Å². The third-order valence-corrected chi connectivity index (χ3v) is 8.11. The highest BCUT2D eigenvalue weighted by molar-refractivity contribution is 7.89. The molecule has 5 rings (SSSR count). The van der Waals surface area contributed by atoms with Crippen molar-refractivity contribution in [3.63, 3.8) is 0 Å². The Morgan fingerprint density at radius 1 is 1.09 bits per heavy atom. The third-order valence-electron chi connectivity index (χ3n) is 6.13. The Morgan fingerprint density at radius 3 is 2.67 bits per heavy atom. The molecule has 4 aromatic rings. The van der Waals surface area contributed by atoms with Crippen LogP contribution in [0.3, 0.4) is 0 Å². The zero-order chi connectivity index (χ0) is 23.2. The smallest absolute Gasteiger partial charge is 0.214 e. The minimum atomic E-state index is -3.26. The van der Waals surface area contributed by atoms with Crippen molar-refractivity contribution in [2.45, 2.75) is 19.9 Å². The number of piperazine rings is 1. The molecule has 33 heavy (non-hydrogen) atoms. The standard InChI is InChI=1S/C23H26N6O3S/c1-4-33(30,31)28-13-12-27(15-16(28)2)23-24-20-11-6-5-10-19(20)22-26-25-21(29(22)23)17-8-7-9-18(14-17)32-3/h5-11,14,16H,4,12-13,15H2,1-3H3. The lowest BCUT2D eigenvalue weighted by Gasteiger charge is -2.39. The van der Waals surface area contributed by atoms with Gasteiger partial charge in [0.05, 0.1) is 18.4 Å². The second kappa shape index (κ2) is 8.27. The number of nitrogens with zero attached hydrogens (tertiary/aromatic N) is 6. The number of para-hydroxylation sites is 1. The van der Waals surface area contributed by atoms with E-state index in [1.807, 2.05) is 59.9 Å². The van der Waals surface area contributed by atoms with Crippen LogP contribution in [-0.2, 0) is 10.0 Å². The van der Waals surface area contributed by atoms with Gasteiger partial charge in [-0.3, -0.25) is 0 Å². The Balaban J connectivity index is 1.67. The second-order valence-electron chi connectivity index (χ2n) is 8.15. The molecule has 1 aliphatic heterocycles. The second-order valence-corrected chi connectivity index (χ2v) is 10.4. The molecule has 1 aliphatic rings. The predicted molar refractivity (Wildman–Crippen MR) is 128 cm³/mol. The van der Waals surface area contributed by atoms with E-state index in [1.165, 1.54) is 0 Å². The van der Waals surface area contributed by atoms with E-state index < -0.39 is 10.0 Å². The average molecular weight is 467 g/mol. The average Bonchev–Trinajstić information content (AvgIpc) is 3.29. The minimum Gasteiger partial charge on any atom is -0.497 e. The first kappa shape index (κ1) is 21.6. The molecule has 0 amide bonds. The van der Waals surface area contributed by atoms with Crippen LogP contribution in [0.15, 0.2) is 48.5 Å². The molecule has 172 valence electrons. The molecule has 3 heterocycles. The van der Waals surface area contributed by atoms with Gasteiger partial charge in [-0.05, 0) is 38.1 Å². The maximum Gasteiger partial charge on any atom is 0.214 e. The van der Waals surface area contributed by atoms with Crippen molar-refractivity contribution in [3.05, 3.63) is 48.5 Å². The van der Waals surface area contributed by atoms with Crippen LogP contribution in [0.4, 0.5) is 5.95 Å². The number of fused-ring (bicyclic) bond motifs is 3. The topological polar surface area (TPSA) is 92.9 Å². The summed E-state index contributed by atoms with van der Waals surface area (Å²) < 4.78 is 34.0. The number of methoxy groups -OCH3 is 1. The molecular weight excluding hydrogens is 440 g/mol. The van der Waals surface area contributed by atoms with Crippen molar-refractivity contribution >= 4 is 32.5 Å². The summed E-state index contributed by atoms with van der Waals surface area (Å²) in [6.45, 7) is 5.08. The molecule has 1 unspecified atom stereocenters. The Bertz CT molecular complexity index is 1430. The molecule has 1 atom stereocenters. The van der Waals surface area contributed by atoms with Gasteiger partial charge in [0.15, 0.2) is 11.5 Å².